The molecule has 80 valence electrons. The maximum atomic E-state index is 8.79. The molecule has 1 aliphatic rings. The fraction of sp³-hybridized carbons (Fsp3) is 0.636. The van der Waals surface area contributed by atoms with E-state index < -0.39 is 0 Å². The molecule has 4 nitrogen and oxygen atoms in total. The first-order valence-electron chi connectivity index (χ1n) is 5.37. The highest BCUT2D eigenvalue weighted by Gasteiger charge is 2.18. The van der Waals surface area contributed by atoms with Gasteiger partial charge in [-0.2, -0.15) is 10.4 Å². The van der Waals surface area contributed by atoms with Crippen LogP contribution < -0.4 is 0 Å². The lowest BCUT2D eigenvalue weighted by atomic mass is 9.98. The molecule has 0 radical (unpaired) electrons. The molecule has 1 aliphatic heterocycles. The first-order valence-corrected chi connectivity index (χ1v) is 5.37. The normalized spacial score (nSPS) is 18.9. The maximum Gasteiger partial charge on any atom is 0.0656 e. The van der Waals surface area contributed by atoms with Gasteiger partial charge in [-0.1, -0.05) is 0 Å². The van der Waals surface area contributed by atoms with Gasteiger partial charge in [-0.15, -0.1) is 0 Å². The molecule has 0 bridgehead atoms. The van der Waals surface area contributed by atoms with Crippen LogP contribution in [0.2, 0.25) is 0 Å². The summed E-state index contributed by atoms with van der Waals surface area (Å²) >= 11 is 0. The van der Waals surface area contributed by atoms with Gasteiger partial charge in [0.1, 0.15) is 0 Å². The average molecular weight is 204 g/mol. The van der Waals surface area contributed by atoms with E-state index in [4.69, 9.17) is 5.26 Å². The van der Waals surface area contributed by atoms with Gasteiger partial charge in [0.15, 0.2) is 0 Å². The number of aryl methyl sites for hydroxylation is 1. The molecule has 1 saturated heterocycles. The van der Waals surface area contributed by atoms with Gasteiger partial charge in [0.2, 0.25) is 0 Å². The Hall–Kier alpha value is -1.34. The number of piperidine rings is 1. The summed E-state index contributed by atoms with van der Waals surface area (Å²) in [6.45, 7) is 3.03. The van der Waals surface area contributed by atoms with Crippen LogP contribution in [-0.4, -0.2) is 27.8 Å². The number of hydrogen-bond acceptors (Lipinski definition) is 3. The molecule has 15 heavy (non-hydrogen) atoms. The van der Waals surface area contributed by atoms with Crippen molar-refractivity contribution >= 4 is 0 Å². The zero-order valence-electron chi connectivity index (χ0n) is 9.06. The molecule has 0 spiro atoms. The van der Waals surface area contributed by atoms with Crippen LogP contribution in [0.3, 0.4) is 0 Å². The standard InChI is InChI=1S/C11H16N4/c1-14-8-11(7-13-14)9-15-4-2-10(6-12)3-5-15/h7-8,10H,2-5,9H2,1H3. The summed E-state index contributed by atoms with van der Waals surface area (Å²) in [5.74, 6) is 0.273. The van der Waals surface area contributed by atoms with Crippen LogP contribution in [0.25, 0.3) is 0 Å². The van der Waals surface area contributed by atoms with E-state index in [0.717, 1.165) is 32.5 Å². The lowest BCUT2D eigenvalue weighted by molar-refractivity contribution is 0.198. The lowest BCUT2D eigenvalue weighted by Crippen LogP contribution is -2.32. The van der Waals surface area contributed by atoms with Crippen LogP contribution in [0.5, 0.6) is 0 Å². The molecule has 1 aromatic heterocycles. The van der Waals surface area contributed by atoms with Crippen molar-refractivity contribution in [3.8, 4) is 6.07 Å². The van der Waals surface area contributed by atoms with Crippen LogP contribution in [0.1, 0.15) is 18.4 Å². The highest BCUT2D eigenvalue weighted by Crippen LogP contribution is 2.17. The quantitative estimate of drug-likeness (QED) is 0.726. The minimum atomic E-state index is 0.273. The Kier molecular flexibility index (Phi) is 3.02. The number of hydrogen-bond donors (Lipinski definition) is 0. The van der Waals surface area contributed by atoms with Gasteiger partial charge in [-0.05, 0) is 25.9 Å². The fourth-order valence-electron chi connectivity index (χ4n) is 2.03. The number of nitrogens with zero attached hydrogens (tertiary/aromatic N) is 4. The zero-order valence-corrected chi connectivity index (χ0v) is 9.06. The Morgan fingerprint density at radius 1 is 1.53 bits per heavy atom. The van der Waals surface area contributed by atoms with Crippen molar-refractivity contribution in [2.45, 2.75) is 19.4 Å². The third-order valence-corrected chi connectivity index (χ3v) is 2.93. The molecular formula is C11H16N4. The van der Waals surface area contributed by atoms with Crippen LogP contribution in [0.4, 0.5) is 0 Å². The zero-order chi connectivity index (χ0) is 10.7. The molecule has 0 aromatic carbocycles. The number of aromatic nitrogens is 2. The first kappa shape index (κ1) is 10.2. The Labute approximate surface area is 90.1 Å². The molecule has 2 heterocycles. The fourth-order valence-corrected chi connectivity index (χ4v) is 2.03. The number of rotatable bonds is 2. The lowest BCUT2D eigenvalue weighted by Gasteiger charge is -2.28. The van der Waals surface area contributed by atoms with Gasteiger partial charge in [-0.3, -0.25) is 9.58 Å². The number of likely N-dealkylation sites (tertiary alicyclic amines) is 1. The van der Waals surface area contributed by atoms with E-state index in [0.29, 0.717) is 0 Å². The first-order chi connectivity index (χ1) is 7.28. The Morgan fingerprint density at radius 2 is 2.27 bits per heavy atom. The second-order valence-electron chi connectivity index (χ2n) is 4.20. The van der Waals surface area contributed by atoms with Crippen molar-refractivity contribution in [2.75, 3.05) is 13.1 Å². The molecule has 0 saturated carbocycles. The van der Waals surface area contributed by atoms with Crippen molar-refractivity contribution in [3.05, 3.63) is 18.0 Å². The average Bonchev–Trinajstić information content (AvgIpc) is 2.65. The molecular weight excluding hydrogens is 188 g/mol. The van der Waals surface area contributed by atoms with Gasteiger partial charge in [0.25, 0.3) is 0 Å². The molecule has 0 N–H and O–H groups in total. The summed E-state index contributed by atoms with van der Waals surface area (Å²) < 4.78 is 1.83. The summed E-state index contributed by atoms with van der Waals surface area (Å²) in [5, 5.41) is 12.9. The summed E-state index contributed by atoms with van der Waals surface area (Å²) in [6, 6.07) is 2.35. The van der Waals surface area contributed by atoms with Gasteiger partial charge in [0, 0.05) is 31.3 Å². The van der Waals surface area contributed by atoms with Gasteiger partial charge >= 0.3 is 0 Å². The monoisotopic (exact) mass is 204 g/mol. The SMILES string of the molecule is Cn1cc(CN2CCC(C#N)CC2)cn1. The maximum absolute atomic E-state index is 8.79. The predicted molar refractivity (Wildman–Crippen MR) is 56.8 cm³/mol. The van der Waals surface area contributed by atoms with E-state index in [-0.39, 0.29) is 5.92 Å². The smallest absolute Gasteiger partial charge is 0.0656 e. The molecule has 1 aromatic rings. The molecule has 0 atom stereocenters. The van der Waals surface area contributed by atoms with Crippen molar-refractivity contribution in [2.24, 2.45) is 13.0 Å². The van der Waals surface area contributed by atoms with Crippen LogP contribution in [0.15, 0.2) is 12.4 Å². The highest BCUT2D eigenvalue weighted by molar-refractivity contribution is 5.03. The van der Waals surface area contributed by atoms with Gasteiger partial charge in [0.05, 0.1) is 12.3 Å². The van der Waals surface area contributed by atoms with Gasteiger partial charge < -0.3 is 0 Å². The molecule has 0 amide bonds. The van der Waals surface area contributed by atoms with E-state index in [1.54, 1.807) is 0 Å². The van der Waals surface area contributed by atoms with Crippen molar-refractivity contribution in [1.82, 2.24) is 14.7 Å². The van der Waals surface area contributed by atoms with Crippen molar-refractivity contribution in [1.29, 1.82) is 5.26 Å². The Morgan fingerprint density at radius 3 is 2.80 bits per heavy atom. The van der Waals surface area contributed by atoms with E-state index in [1.165, 1.54) is 5.56 Å². The predicted octanol–water partition coefficient (Wildman–Crippen LogP) is 1.16. The summed E-state index contributed by atoms with van der Waals surface area (Å²) in [7, 11) is 1.94. The minimum absolute atomic E-state index is 0.273. The molecule has 2 rings (SSSR count). The molecule has 0 aliphatic carbocycles. The van der Waals surface area contributed by atoms with E-state index in [9.17, 15) is 0 Å². The molecule has 4 heteroatoms. The van der Waals surface area contributed by atoms with Crippen molar-refractivity contribution in [3.63, 3.8) is 0 Å². The highest BCUT2D eigenvalue weighted by atomic mass is 15.2. The summed E-state index contributed by atoms with van der Waals surface area (Å²) in [4.78, 5) is 2.39. The van der Waals surface area contributed by atoms with E-state index >= 15 is 0 Å². The minimum Gasteiger partial charge on any atom is -0.299 e. The second kappa shape index (κ2) is 4.45. The number of nitriles is 1. The largest absolute Gasteiger partial charge is 0.299 e. The van der Waals surface area contributed by atoms with Crippen LogP contribution >= 0.6 is 0 Å². The van der Waals surface area contributed by atoms with Crippen molar-refractivity contribution < 1.29 is 0 Å². The summed E-state index contributed by atoms with van der Waals surface area (Å²) in [6.07, 6.45) is 5.99. The summed E-state index contributed by atoms with van der Waals surface area (Å²) in [5.41, 5.74) is 1.26. The topological polar surface area (TPSA) is 44.9 Å². The molecule has 0 unspecified atom stereocenters. The Balaban J connectivity index is 1.85. The van der Waals surface area contributed by atoms with Crippen LogP contribution in [0, 0.1) is 17.2 Å². The second-order valence-corrected chi connectivity index (χ2v) is 4.20. The van der Waals surface area contributed by atoms with E-state index in [2.05, 4.69) is 22.3 Å². The van der Waals surface area contributed by atoms with Crippen LogP contribution in [-0.2, 0) is 13.6 Å². The van der Waals surface area contributed by atoms with Gasteiger partial charge in [-0.25, -0.2) is 0 Å². The molecule has 1 fully saturated rings. The third kappa shape index (κ3) is 2.57. The third-order valence-electron chi connectivity index (χ3n) is 2.93. The van der Waals surface area contributed by atoms with E-state index in [1.807, 2.05) is 17.9 Å². The Bertz CT molecular complexity index is 355.